The van der Waals surface area contributed by atoms with E-state index in [9.17, 15) is 9.59 Å². The van der Waals surface area contributed by atoms with E-state index in [0.29, 0.717) is 35.3 Å². The van der Waals surface area contributed by atoms with Crippen molar-refractivity contribution < 1.29 is 14.3 Å². The Labute approximate surface area is 198 Å². The predicted molar refractivity (Wildman–Crippen MR) is 126 cm³/mol. The van der Waals surface area contributed by atoms with E-state index in [1.165, 1.54) is 24.2 Å². The van der Waals surface area contributed by atoms with E-state index in [0.717, 1.165) is 49.5 Å². The smallest absolute Gasteiger partial charge is 0.265 e. The maximum absolute atomic E-state index is 13.1. The summed E-state index contributed by atoms with van der Waals surface area (Å²) in [6, 6.07) is 7.18. The summed E-state index contributed by atoms with van der Waals surface area (Å²) in [7, 11) is 0. The Morgan fingerprint density at radius 3 is 2.34 bits per heavy atom. The molecule has 2 amide bonds. The van der Waals surface area contributed by atoms with Crippen LogP contribution >= 0.6 is 22.9 Å². The zero-order valence-electron chi connectivity index (χ0n) is 18.5. The zero-order valence-corrected chi connectivity index (χ0v) is 20.1. The van der Waals surface area contributed by atoms with Gasteiger partial charge in [0, 0.05) is 37.1 Å². The van der Waals surface area contributed by atoms with Gasteiger partial charge in [0.15, 0.2) is 0 Å². The number of hydrogen-bond acceptors (Lipinski definition) is 5. The van der Waals surface area contributed by atoms with Gasteiger partial charge in [-0.25, -0.2) is 4.98 Å². The number of carbonyl (C=O) groups is 2. The molecular weight excluding hydrogens is 446 g/mol. The summed E-state index contributed by atoms with van der Waals surface area (Å²) in [5.74, 6) is 1.06. The molecule has 0 atom stereocenters. The van der Waals surface area contributed by atoms with Gasteiger partial charge in [0.05, 0.1) is 5.69 Å². The number of piperidine rings is 1. The van der Waals surface area contributed by atoms with Gasteiger partial charge in [0.25, 0.3) is 5.91 Å². The van der Waals surface area contributed by atoms with Crippen LogP contribution < -0.4 is 4.74 Å². The number of hydrogen-bond donors (Lipinski definition) is 0. The number of aryl methyl sites for hydroxylation is 1. The Bertz CT molecular complexity index is 930. The third-order valence-electron chi connectivity index (χ3n) is 6.26. The topological polar surface area (TPSA) is 62.7 Å². The summed E-state index contributed by atoms with van der Waals surface area (Å²) in [5.41, 5.74) is 0.734. The van der Waals surface area contributed by atoms with Gasteiger partial charge >= 0.3 is 0 Å². The number of benzene rings is 1. The first-order valence-corrected chi connectivity index (χ1v) is 12.6. The van der Waals surface area contributed by atoms with Crippen molar-refractivity contribution in [1.29, 1.82) is 0 Å². The van der Waals surface area contributed by atoms with E-state index in [1.807, 2.05) is 24.0 Å². The lowest BCUT2D eigenvalue weighted by molar-refractivity contribution is -0.136. The van der Waals surface area contributed by atoms with Gasteiger partial charge in [-0.1, -0.05) is 24.4 Å². The number of rotatable bonds is 5. The van der Waals surface area contributed by atoms with Crippen molar-refractivity contribution in [3.63, 3.8) is 0 Å². The van der Waals surface area contributed by atoms with Crippen molar-refractivity contribution in [3.05, 3.63) is 44.9 Å². The third kappa shape index (κ3) is 5.62. The maximum Gasteiger partial charge on any atom is 0.265 e. The van der Waals surface area contributed by atoms with Crippen LogP contribution in [0.15, 0.2) is 24.3 Å². The Hall–Kier alpha value is -2.12. The van der Waals surface area contributed by atoms with Crippen molar-refractivity contribution in [2.24, 2.45) is 5.92 Å². The van der Waals surface area contributed by atoms with E-state index in [2.05, 4.69) is 9.88 Å². The second-order valence-corrected chi connectivity index (χ2v) is 10.1. The highest BCUT2D eigenvalue weighted by molar-refractivity contribution is 7.13. The molecule has 172 valence electrons. The van der Waals surface area contributed by atoms with Crippen LogP contribution in [0.4, 0.5) is 0 Å². The van der Waals surface area contributed by atoms with Crippen LogP contribution in [0, 0.1) is 12.8 Å². The first kappa shape index (κ1) is 23.1. The number of amides is 2. The number of ether oxygens (including phenoxy) is 1. The number of thiazole rings is 1. The molecule has 0 N–H and O–H groups in total. The van der Waals surface area contributed by atoms with Gasteiger partial charge in [0.2, 0.25) is 5.91 Å². The quantitative estimate of drug-likeness (QED) is 0.614. The van der Waals surface area contributed by atoms with Crippen LogP contribution in [-0.4, -0.2) is 52.8 Å². The van der Waals surface area contributed by atoms with Crippen LogP contribution in [-0.2, 0) is 11.4 Å². The molecule has 6 nitrogen and oxygen atoms in total. The highest BCUT2D eigenvalue weighted by Crippen LogP contribution is 2.26. The van der Waals surface area contributed by atoms with Crippen molar-refractivity contribution in [1.82, 2.24) is 14.8 Å². The van der Waals surface area contributed by atoms with Crippen molar-refractivity contribution >= 4 is 34.8 Å². The zero-order chi connectivity index (χ0) is 22.5. The molecule has 8 heteroatoms. The van der Waals surface area contributed by atoms with Crippen LogP contribution in [0.1, 0.15) is 58.9 Å². The second kappa shape index (κ2) is 10.7. The van der Waals surface area contributed by atoms with E-state index in [1.54, 1.807) is 12.1 Å². The van der Waals surface area contributed by atoms with Gasteiger partial charge in [-0.15, -0.1) is 11.3 Å². The number of aromatic nitrogens is 1. The lowest BCUT2D eigenvalue weighted by Crippen LogP contribution is -2.44. The summed E-state index contributed by atoms with van der Waals surface area (Å²) < 4.78 is 5.77. The minimum absolute atomic E-state index is 0.0124. The Morgan fingerprint density at radius 2 is 1.69 bits per heavy atom. The number of carbonyl (C=O) groups excluding carboxylic acids is 2. The highest BCUT2D eigenvalue weighted by atomic mass is 35.5. The predicted octanol–water partition coefficient (Wildman–Crippen LogP) is 4.94. The largest absolute Gasteiger partial charge is 0.486 e. The molecule has 2 fully saturated rings. The molecule has 0 aliphatic carbocycles. The maximum atomic E-state index is 13.1. The van der Waals surface area contributed by atoms with E-state index < -0.39 is 0 Å². The molecule has 2 aromatic rings. The minimum Gasteiger partial charge on any atom is -0.486 e. The fraction of sp³-hybridized carbons (Fsp3) is 0.542. The number of nitrogens with zero attached hydrogens (tertiary/aromatic N) is 3. The normalized spacial score (nSPS) is 17.8. The molecule has 3 heterocycles. The summed E-state index contributed by atoms with van der Waals surface area (Å²) in [4.78, 5) is 35.1. The van der Waals surface area contributed by atoms with E-state index >= 15 is 0 Å². The molecule has 0 spiro atoms. The summed E-state index contributed by atoms with van der Waals surface area (Å²) in [6.07, 6.45) is 6.14. The van der Waals surface area contributed by atoms with Gasteiger partial charge in [0.1, 0.15) is 22.2 Å². The number of halogens is 1. The van der Waals surface area contributed by atoms with Gasteiger partial charge < -0.3 is 14.5 Å². The Balaban J connectivity index is 1.31. The van der Waals surface area contributed by atoms with Crippen molar-refractivity contribution in [3.8, 4) is 5.75 Å². The minimum atomic E-state index is 0.0124. The first-order valence-electron chi connectivity index (χ1n) is 11.4. The summed E-state index contributed by atoms with van der Waals surface area (Å²) in [6.45, 7) is 5.20. The fourth-order valence-corrected chi connectivity index (χ4v) is 5.48. The fourth-order valence-electron chi connectivity index (χ4n) is 4.41. The average molecular weight is 476 g/mol. The van der Waals surface area contributed by atoms with Crippen LogP contribution in [0.3, 0.4) is 0 Å². The molecule has 0 unspecified atom stereocenters. The van der Waals surface area contributed by atoms with Gasteiger partial charge in [-0.05, 0) is 56.9 Å². The summed E-state index contributed by atoms with van der Waals surface area (Å²) in [5, 5.41) is 1.43. The highest BCUT2D eigenvalue weighted by Gasteiger charge is 2.31. The molecule has 2 aliphatic heterocycles. The standard InChI is InChI=1S/C24H30ClN3O3S/c1-17-22(32-21(26-17)16-31-20-8-6-19(25)7-9-20)24(30)28-14-10-18(11-15-28)23(29)27-12-4-2-3-5-13-27/h6-9,18H,2-5,10-16H2,1H3. The van der Waals surface area contributed by atoms with Gasteiger partial charge in [-0.2, -0.15) is 0 Å². The first-order chi connectivity index (χ1) is 15.5. The van der Waals surface area contributed by atoms with E-state index in [-0.39, 0.29) is 17.7 Å². The van der Waals surface area contributed by atoms with Gasteiger partial charge in [-0.3, -0.25) is 9.59 Å². The average Bonchev–Trinajstić information content (AvgIpc) is 3.00. The Morgan fingerprint density at radius 1 is 1.03 bits per heavy atom. The molecule has 0 radical (unpaired) electrons. The molecule has 1 aromatic carbocycles. The van der Waals surface area contributed by atoms with Crippen molar-refractivity contribution in [2.75, 3.05) is 26.2 Å². The lowest BCUT2D eigenvalue weighted by atomic mass is 9.95. The monoisotopic (exact) mass is 475 g/mol. The molecule has 2 aliphatic rings. The van der Waals surface area contributed by atoms with Crippen LogP contribution in [0.25, 0.3) is 0 Å². The number of likely N-dealkylation sites (tertiary alicyclic amines) is 2. The molecule has 0 bridgehead atoms. The SMILES string of the molecule is Cc1nc(COc2ccc(Cl)cc2)sc1C(=O)N1CCC(C(=O)N2CCCCCC2)CC1. The lowest BCUT2D eigenvalue weighted by Gasteiger charge is -2.34. The second-order valence-electron chi connectivity index (χ2n) is 8.57. The summed E-state index contributed by atoms with van der Waals surface area (Å²) >= 11 is 7.29. The Kier molecular flexibility index (Phi) is 7.68. The molecule has 32 heavy (non-hydrogen) atoms. The molecule has 0 saturated carbocycles. The van der Waals surface area contributed by atoms with Crippen LogP contribution in [0.5, 0.6) is 5.75 Å². The molecule has 2 saturated heterocycles. The molecule has 4 rings (SSSR count). The van der Waals surface area contributed by atoms with Crippen molar-refractivity contribution in [2.45, 2.75) is 52.1 Å². The molecular formula is C24H30ClN3O3S. The van der Waals surface area contributed by atoms with E-state index in [4.69, 9.17) is 16.3 Å². The molecule has 1 aromatic heterocycles. The van der Waals surface area contributed by atoms with Crippen LogP contribution in [0.2, 0.25) is 5.02 Å². The third-order valence-corrected chi connectivity index (χ3v) is 7.63.